The Labute approximate surface area is 90.5 Å². The van der Waals surface area contributed by atoms with Gasteiger partial charge >= 0.3 is 0 Å². The number of benzene rings is 1. The summed E-state index contributed by atoms with van der Waals surface area (Å²) in [4.78, 5) is 2.47. The third-order valence-electron chi connectivity index (χ3n) is 3.94. The summed E-state index contributed by atoms with van der Waals surface area (Å²) in [5.41, 5.74) is 1.67. The summed E-state index contributed by atoms with van der Waals surface area (Å²) in [7, 11) is 0. The molecule has 1 aliphatic carbocycles. The average molecular weight is 203 g/mol. The normalized spacial score (nSPS) is 34.1. The molecule has 1 aliphatic heterocycles. The van der Waals surface area contributed by atoms with Gasteiger partial charge in [-0.3, -0.25) is 4.90 Å². The maximum Gasteiger partial charge on any atom is 0.0502 e. The smallest absolute Gasteiger partial charge is 0.0502 e. The Hall–Kier alpha value is -0.860. The van der Waals surface area contributed by atoms with Crippen molar-refractivity contribution < 1.29 is 5.11 Å². The number of hydrogen-bond donors (Lipinski definition) is 1. The standard InChI is InChI=1S/C13H17NO/c15-10-13-6-12(13)8-14(9-13)7-11-4-2-1-3-5-11/h1-5,12,15H,6-10H2/t12-,13+/m0/s1. The van der Waals surface area contributed by atoms with E-state index in [1.165, 1.54) is 18.5 Å². The van der Waals surface area contributed by atoms with E-state index in [9.17, 15) is 5.11 Å². The topological polar surface area (TPSA) is 23.5 Å². The molecule has 15 heavy (non-hydrogen) atoms. The summed E-state index contributed by atoms with van der Waals surface area (Å²) >= 11 is 0. The van der Waals surface area contributed by atoms with Gasteiger partial charge in [0.25, 0.3) is 0 Å². The first-order chi connectivity index (χ1) is 7.32. The lowest BCUT2D eigenvalue weighted by molar-refractivity contribution is 0.184. The van der Waals surface area contributed by atoms with Gasteiger partial charge in [0.05, 0.1) is 6.61 Å². The maximum atomic E-state index is 9.32. The van der Waals surface area contributed by atoms with Gasteiger partial charge in [0, 0.05) is 25.0 Å². The lowest BCUT2D eigenvalue weighted by atomic mass is 10.1. The number of aliphatic hydroxyl groups is 1. The van der Waals surface area contributed by atoms with Gasteiger partial charge < -0.3 is 5.11 Å². The van der Waals surface area contributed by atoms with Crippen LogP contribution in [0.25, 0.3) is 0 Å². The predicted octanol–water partition coefficient (Wildman–Crippen LogP) is 1.50. The van der Waals surface area contributed by atoms with Crippen molar-refractivity contribution in [1.29, 1.82) is 0 Å². The molecule has 2 aliphatic rings. The molecule has 3 rings (SSSR count). The van der Waals surface area contributed by atoms with E-state index in [-0.39, 0.29) is 5.41 Å². The van der Waals surface area contributed by atoms with Crippen LogP contribution in [0.1, 0.15) is 12.0 Å². The monoisotopic (exact) mass is 203 g/mol. The molecule has 1 saturated heterocycles. The molecule has 0 bridgehead atoms. The number of piperidine rings is 1. The molecule has 2 nitrogen and oxygen atoms in total. The van der Waals surface area contributed by atoms with E-state index in [4.69, 9.17) is 0 Å². The summed E-state index contributed by atoms with van der Waals surface area (Å²) in [5.74, 6) is 0.770. The summed E-state index contributed by atoms with van der Waals surface area (Å²) in [6.07, 6.45) is 1.24. The molecule has 1 saturated carbocycles. The van der Waals surface area contributed by atoms with Crippen LogP contribution in [-0.2, 0) is 6.54 Å². The summed E-state index contributed by atoms with van der Waals surface area (Å²) in [6.45, 7) is 3.68. The van der Waals surface area contributed by atoms with Gasteiger partial charge in [0.1, 0.15) is 0 Å². The van der Waals surface area contributed by atoms with E-state index < -0.39 is 0 Å². The van der Waals surface area contributed by atoms with E-state index in [0.717, 1.165) is 19.0 Å². The molecule has 1 aromatic carbocycles. The van der Waals surface area contributed by atoms with E-state index in [1.54, 1.807) is 0 Å². The Bertz CT molecular complexity index is 347. The van der Waals surface area contributed by atoms with Crippen molar-refractivity contribution in [3.05, 3.63) is 35.9 Å². The number of hydrogen-bond acceptors (Lipinski definition) is 2. The highest BCUT2D eigenvalue weighted by atomic mass is 16.3. The van der Waals surface area contributed by atoms with Crippen molar-refractivity contribution in [2.24, 2.45) is 11.3 Å². The minimum Gasteiger partial charge on any atom is -0.396 e. The summed E-state index contributed by atoms with van der Waals surface area (Å²) in [5, 5.41) is 9.32. The van der Waals surface area contributed by atoms with Crippen LogP contribution in [0.2, 0.25) is 0 Å². The molecule has 0 unspecified atom stereocenters. The van der Waals surface area contributed by atoms with E-state index in [1.807, 2.05) is 0 Å². The van der Waals surface area contributed by atoms with Crippen LogP contribution in [0.15, 0.2) is 30.3 Å². The van der Waals surface area contributed by atoms with Crippen LogP contribution < -0.4 is 0 Å². The molecule has 2 fully saturated rings. The zero-order chi connectivity index (χ0) is 10.3. The lowest BCUT2D eigenvalue weighted by Crippen LogP contribution is -2.25. The first-order valence-electron chi connectivity index (χ1n) is 5.69. The summed E-state index contributed by atoms with van der Waals surface area (Å²) in [6, 6.07) is 10.6. The predicted molar refractivity (Wildman–Crippen MR) is 59.3 cm³/mol. The maximum absolute atomic E-state index is 9.32. The molecule has 1 N–H and O–H groups in total. The minimum atomic E-state index is 0.286. The van der Waals surface area contributed by atoms with Crippen LogP contribution in [0.3, 0.4) is 0 Å². The molecule has 1 aromatic rings. The quantitative estimate of drug-likeness (QED) is 0.804. The fraction of sp³-hybridized carbons (Fsp3) is 0.538. The first kappa shape index (κ1) is 9.37. The van der Waals surface area contributed by atoms with Crippen LogP contribution in [0.4, 0.5) is 0 Å². The first-order valence-corrected chi connectivity index (χ1v) is 5.69. The molecule has 2 heteroatoms. The second-order valence-electron chi connectivity index (χ2n) is 5.08. The second kappa shape index (κ2) is 3.32. The van der Waals surface area contributed by atoms with Crippen molar-refractivity contribution in [3.63, 3.8) is 0 Å². The van der Waals surface area contributed by atoms with Crippen molar-refractivity contribution in [3.8, 4) is 0 Å². The van der Waals surface area contributed by atoms with E-state index in [2.05, 4.69) is 35.2 Å². The van der Waals surface area contributed by atoms with Gasteiger partial charge in [-0.05, 0) is 17.9 Å². The van der Waals surface area contributed by atoms with Crippen molar-refractivity contribution in [1.82, 2.24) is 4.90 Å². The van der Waals surface area contributed by atoms with E-state index >= 15 is 0 Å². The van der Waals surface area contributed by atoms with Gasteiger partial charge in [0.2, 0.25) is 0 Å². The summed E-state index contributed by atoms with van der Waals surface area (Å²) < 4.78 is 0. The Kier molecular flexibility index (Phi) is 2.08. The van der Waals surface area contributed by atoms with Gasteiger partial charge in [-0.2, -0.15) is 0 Å². The molecular formula is C13H17NO. The fourth-order valence-corrected chi connectivity index (χ4v) is 2.91. The van der Waals surface area contributed by atoms with Crippen LogP contribution in [0, 0.1) is 11.3 Å². The largest absolute Gasteiger partial charge is 0.396 e. The number of rotatable bonds is 3. The highest BCUT2D eigenvalue weighted by Crippen LogP contribution is 2.57. The molecule has 1 heterocycles. The molecule has 0 spiro atoms. The minimum absolute atomic E-state index is 0.286. The van der Waals surface area contributed by atoms with E-state index in [0.29, 0.717) is 6.61 Å². The number of aliphatic hydroxyl groups excluding tert-OH is 1. The Morgan fingerprint density at radius 2 is 2.13 bits per heavy atom. The molecule has 80 valence electrons. The molecule has 0 aromatic heterocycles. The van der Waals surface area contributed by atoms with Gasteiger partial charge in [-0.1, -0.05) is 30.3 Å². The zero-order valence-electron chi connectivity index (χ0n) is 8.89. The number of likely N-dealkylation sites (tertiary alicyclic amines) is 1. The molecule has 2 atom stereocenters. The van der Waals surface area contributed by atoms with Crippen molar-refractivity contribution >= 4 is 0 Å². The fourth-order valence-electron chi connectivity index (χ4n) is 2.91. The Morgan fingerprint density at radius 1 is 1.33 bits per heavy atom. The second-order valence-corrected chi connectivity index (χ2v) is 5.08. The van der Waals surface area contributed by atoms with Crippen LogP contribution in [-0.4, -0.2) is 29.7 Å². The SMILES string of the molecule is OC[C@]12C[C@H]1CN(Cc1ccccc1)C2. The third-order valence-corrected chi connectivity index (χ3v) is 3.94. The third kappa shape index (κ3) is 1.58. The van der Waals surface area contributed by atoms with Crippen LogP contribution in [0.5, 0.6) is 0 Å². The Balaban J connectivity index is 1.63. The van der Waals surface area contributed by atoms with Crippen molar-refractivity contribution in [2.75, 3.05) is 19.7 Å². The lowest BCUT2D eigenvalue weighted by Gasteiger charge is -2.19. The van der Waals surface area contributed by atoms with Gasteiger partial charge in [-0.15, -0.1) is 0 Å². The molecular weight excluding hydrogens is 186 g/mol. The van der Waals surface area contributed by atoms with Gasteiger partial charge in [0.15, 0.2) is 0 Å². The highest BCUT2D eigenvalue weighted by molar-refractivity contribution is 5.17. The number of fused-ring (bicyclic) bond motifs is 1. The van der Waals surface area contributed by atoms with Crippen LogP contribution >= 0.6 is 0 Å². The molecule has 0 amide bonds. The molecule has 0 radical (unpaired) electrons. The number of nitrogens with zero attached hydrogens (tertiary/aromatic N) is 1. The Morgan fingerprint density at radius 3 is 2.80 bits per heavy atom. The van der Waals surface area contributed by atoms with Crippen molar-refractivity contribution in [2.45, 2.75) is 13.0 Å². The van der Waals surface area contributed by atoms with Gasteiger partial charge in [-0.25, -0.2) is 0 Å². The zero-order valence-corrected chi connectivity index (χ0v) is 8.89. The average Bonchev–Trinajstić information content (AvgIpc) is 2.84. The highest BCUT2D eigenvalue weighted by Gasteiger charge is 2.59.